The lowest BCUT2D eigenvalue weighted by atomic mass is 10.1. The molecule has 1 amide bonds. The largest absolute Gasteiger partial charge is 0.387 e. The molecule has 0 saturated carbocycles. The van der Waals surface area contributed by atoms with Gasteiger partial charge in [0.1, 0.15) is 0 Å². The van der Waals surface area contributed by atoms with E-state index in [1.807, 2.05) is 30.3 Å². The highest BCUT2D eigenvalue weighted by Crippen LogP contribution is 2.26. The molecule has 2 rings (SSSR count). The Morgan fingerprint density at radius 1 is 1.47 bits per heavy atom. The maximum atomic E-state index is 11.7. The van der Waals surface area contributed by atoms with Crippen molar-refractivity contribution in [3.05, 3.63) is 35.9 Å². The van der Waals surface area contributed by atoms with E-state index < -0.39 is 6.10 Å². The van der Waals surface area contributed by atoms with Gasteiger partial charge < -0.3 is 10.4 Å². The van der Waals surface area contributed by atoms with Crippen LogP contribution in [0.1, 0.15) is 24.5 Å². The van der Waals surface area contributed by atoms with Crippen LogP contribution in [0.5, 0.6) is 0 Å². The first-order chi connectivity index (χ1) is 8.27. The zero-order valence-electron chi connectivity index (χ0n) is 9.63. The summed E-state index contributed by atoms with van der Waals surface area (Å²) in [6, 6.07) is 9.40. The lowest BCUT2D eigenvalue weighted by molar-refractivity contribution is -0.121. The normalized spacial score (nSPS) is 21.1. The van der Waals surface area contributed by atoms with Crippen molar-refractivity contribution >= 4 is 17.7 Å². The average molecular weight is 251 g/mol. The predicted molar refractivity (Wildman–Crippen MR) is 69.9 cm³/mol. The molecule has 4 heteroatoms. The third kappa shape index (κ3) is 3.48. The number of carbonyl (C=O) groups is 1. The van der Waals surface area contributed by atoms with E-state index >= 15 is 0 Å². The standard InChI is InChI=1S/C13H17NO2S/c15-11(10-5-2-1-3-6-10)9-14-13(16)12-7-4-8-17-12/h1-3,5-6,11-12,15H,4,7-9H2,(H,14,16). The molecule has 1 heterocycles. The molecular weight excluding hydrogens is 234 g/mol. The number of carbonyl (C=O) groups excluding carboxylic acids is 1. The second-order valence-electron chi connectivity index (χ2n) is 4.17. The van der Waals surface area contributed by atoms with Crippen molar-refractivity contribution < 1.29 is 9.90 Å². The molecule has 1 saturated heterocycles. The van der Waals surface area contributed by atoms with E-state index in [0.717, 1.165) is 24.2 Å². The maximum Gasteiger partial charge on any atom is 0.233 e. The number of nitrogens with one attached hydrogen (secondary N) is 1. The Kier molecular flexibility index (Phi) is 4.45. The molecule has 3 nitrogen and oxygen atoms in total. The van der Waals surface area contributed by atoms with Gasteiger partial charge in [-0.05, 0) is 24.2 Å². The summed E-state index contributed by atoms with van der Waals surface area (Å²) < 4.78 is 0. The van der Waals surface area contributed by atoms with Gasteiger partial charge in [0, 0.05) is 6.54 Å². The van der Waals surface area contributed by atoms with Crippen LogP contribution in [0.2, 0.25) is 0 Å². The molecule has 0 spiro atoms. The molecule has 1 aromatic carbocycles. The van der Waals surface area contributed by atoms with Crippen LogP contribution < -0.4 is 5.32 Å². The quantitative estimate of drug-likeness (QED) is 0.857. The van der Waals surface area contributed by atoms with Gasteiger partial charge in [-0.3, -0.25) is 4.79 Å². The van der Waals surface area contributed by atoms with Crippen LogP contribution in [0.15, 0.2) is 30.3 Å². The van der Waals surface area contributed by atoms with Gasteiger partial charge >= 0.3 is 0 Å². The minimum atomic E-state index is -0.619. The third-order valence-electron chi connectivity index (χ3n) is 2.88. The fraction of sp³-hybridized carbons (Fsp3) is 0.462. The van der Waals surface area contributed by atoms with Gasteiger partial charge in [0.05, 0.1) is 11.4 Å². The van der Waals surface area contributed by atoms with Crippen LogP contribution >= 0.6 is 11.8 Å². The first kappa shape index (κ1) is 12.5. The van der Waals surface area contributed by atoms with E-state index in [4.69, 9.17) is 0 Å². The van der Waals surface area contributed by atoms with Crippen LogP contribution in [0.3, 0.4) is 0 Å². The molecule has 2 atom stereocenters. The molecule has 2 N–H and O–H groups in total. The van der Waals surface area contributed by atoms with E-state index in [1.54, 1.807) is 11.8 Å². The van der Waals surface area contributed by atoms with Gasteiger partial charge in [-0.2, -0.15) is 0 Å². The molecule has 0 radical (unpaired) electrons. The van der Waals surface area contributed by atoms with E-state index in [9.17, 15) is 9.90 Å². The molecule has 1 aliphatic rings. The van der Waals surface area contributed by atoms with Gasteiger partial charge in [0.25, 0.3) is 0 Å². The van der Waals surface area contributed by atoms with Crippen LogP contribution in [0, 0.1) is 0 Å². The first-order valence-electron chi connectivity index (χ1n) is 5.89. The highest BCUT2D eigenvalue weighted by molar-refractivity contribution is 8.00. The number of thioether (sulfide) groups is 1. The van der Waals surface area contributed by atoms with Crippen molar-refractivity contribution in [2.75, 3.05) is 12.3 Å². The van der Waals surface area contributed by atoms with E-state index in [2.05, 4.69) is 5.32 Å². The van der Waals surface area contributed by atoms with Gasteiger partial charge in [0.15, 0.2) is 0 Å². The fourth-order valence-corrected chi connectivity index (χ4v) is 3.07. The smallest absolute Gasteiger partial charge is 0.233 e. The van der Waals surface area contributed by atoms with Crippen LogP contribution in [0.4, 0.5) is 0 Å². The van der Waals surface area contributed by atoms with Gasteiger partial charge in [0.2, 0.25) is 5.91 Å². The predicted octanol–water partition coefficient (Wildman–Crippen LogP) is 1.73. The Balaban J connectivity index is 1.80. The molecular formula is C13H17NO2S. The molecule has 0 bridgehead atoms. The molecule has 2 unspecified atom stereocenters. The zero-order chi connectivity index (χ0) is 12.1. The van der Waals surface area contributed by atoms with Crippen molar-refractivity contribution in [2.24, 2.45) is 0 Å². The summed E-state index contributed by atoms with van der Waals surface area (Å²) in [6.07, 6.45) is 1.45. The third-order valence-corrected chi connectivity index (χ3v) is 4.25. The Hall–Kier alpha value is -1.00. The lowest BCUT2D eigenvalue weighted by Crippen LogP contribution is -2.34. The number of aliphatic hydroxyl groups excluding tert-OH is 1. The number of rotatable bonds is 4. The number of hydrogen-bond donors (Lipinski definition) is 2. The van der Waals surface area contributed by atoms with E-state index in [0.29, 0.717) is 6.54 Å². The number of aliphatic hydroxyl groups is 1. The molecule has 1 fully saturated rings. The first-order valence-corrected chi connectivity index (χ1v) is 6.94. The minimum Gasteiger partial charge on any atom is -0.387 e. The highest BCUT2D eigenvalue weighted by atomic mass is 32.2. The summed E-state index contributed by atoms with van der Waals surface area (Å²) in [6.45, 7) is 0.292. The van der Waals surface area contributed by atoms with Crippen LogP contribution in [-0.2, 0) is 4.79 Å². The topological polar surface area (TPSA) is 49.3 Å². The van der Waals surface area contributed by atoms with E-state index in [-0.39, 0.29) is 11.2 Å². The highest BCUT2D eigenvalue weighted by Gasteiger charge is 2.23. The van der Waals surface area contributed by atoms with Gasteiger partial charge in [-0.25, -0.2) is 0 Å². The van der Waals surface area contributed by atoms with Crippen LogP contribution in [0.25, 0.3) is 0 Å². The molecule has 0 aromatic heterocycles. The van der Waals surface area contributed by atoms with Crippen molar-refractivity contribution in [2.45, 2.75) is 24.2 Å². The zero-order valence-corrected chi connectivity index (χ0v) is 10.5. The monoisotopic (exact) mass is 251 g/mol. The Morgan fingerprint density at radius 3 is 2.88 bits per heavy atom. The average Bonchev–Trinajstić information content (AvgIpc) is 2.90. The second-order valence-corrected chi connectivity index (χ2v) is 5.48. The van der Waals surface area contributed by atoms with Crippen molar-refractivity contribution in [1.29, 1.82) is 0 Å². The lowest BCUT2D eigenvalue weighted by Gasteiger charge is -2.14. The summed E-state index contributed by atoms with van der Waals surface area (Å²) in [5, 5.41) is 12.8. The Morgan fingerprint density at radius 2 is 2.24 bits per heavy atom. The molecule has 1 aliphatic heterocycles. The summed E-state index contributed by atoms with van der Waals surface area (Å²) in [4.78, 5) is 11.7. The summed E-state index contributed by atoms with van der Waals surface area (Å²) in [5.74, 6) is 1.13. The SMILES string of the molecule is O=C(NCC(O)c1ccccc1)C1CCCS1. The molecule has 92 valence electrons. The second kappa shape index (κ2) is 6.07. The van der Waals surface area contributed by atoms with Crippen molar-refractivity contribution in [1.82, 2.24) is 5.32 Å². The summed E-state index contributed by atoms with van der Waals surface area (Å²) in [5.41, 5.74) is 0.840. The number of benzene rings is 1. The van der Waals surface area contributed by atoms with Crippen LogP contribution in [-0.4, -0.2) is 28.6 Å². The van der Waals surface area contributed by atoms with Gasteiger partial charge in [-0.1, -0.05) is 30.3 Å². The van der Waals surface area contributed by atoms with Gasteiger partial charge in [-0.15, -0.1) is 11.8 Å². The molecule has 0 aliphatic carbocycles. The molecule has 17 heavy (non-hydrogen) atoms. The maximum absolute atomic E-state index is 11.7. The summed E-state index contributed by atoms with van der Waals surface area (Å²) in [7, 11) is 0. The van der Waals surface area contributed by atoms with Crippen molar-refractivity contribution in [3.8, 4) is 0 Å². The molecule has 1 aromatic rings. The minimum absolute atomic E-state index is 0.0579. The summed E-state index contributed by atoms with van der Waals surface area (Å²) >= 11 is 1.70. The fourth-order valence-electron chi connectivity index (χ4n) is 1.89. The number of amides is 1. The number of hydrogen-bond acceptors (Lipinski definition) is 3. The Labute approximate surface area is 106 Å². The van der Waals surface area contributed by atoms with Crippen molar-refractivity contribution in [3.63, 3.8) is 0 Å². The Bertz CT molecular complexity index is 363. The van der Waals surface area contributed by atoms with E-state index in [1.165, 1.54) is 0 Å².